The summed E-state index contributed by atoms with van der Waals surface area (Å²) in [7, 11) is 3.21. The highest BCUT2D eigenvalue weighted by Crippen LogP contribution is 2.39. The van der Waals surface area contributed by atoms with Crippen LogP contribution in [-0.2, 0) is 22.4 Å². The number of carbonyl (C=O) groups excluding carboxylic acids is 2. The summed E-state index contributed by atoms with van der Waals surface area (Å²) < 4.78 is 10.7. The number of aromatic amines is 1. The van der Waals surface area contributed by atoms with E-state index >= 15 is 0 Å². The number of piperazine rings is 1. The lowest BCUT2D eigenvalue weighted by atomic mass is 9.90. The molecule has 3 heterocycles. The molecule has 3 aromatic rings. The summed E-state index contributed by atoms with van der Waals surface area (Å²) >= 11 is 0. The second kappa shape index (κ2) is 7.89. The maximum absolute atomic E-state index is 13.4. The summed E-state index contributed by atoms with van der Waals surface area (Å²) in [6.45, 7) is 2.60. The molecule has 0 aliphatic carbocycles. The smallest absolute Gasteiger partial charge is 0.246 e. The van der Waals surface area contributed by atoms with Gasteiger partial charge in [-0.15, -0.1) is 0 Å². The van der Waals surface area contributed by atoms with E-state index in [-0.39, 0.29) is 24.4 Å². The van der Waals surface area contributed by atoms with Crippen LogP contribution in [-0.4, -0.2) is 59.9 Å². The van der Waals surface area contributed by atoms with E-state index in [0.717, 1.165) is 27.7 Å². The van der Waals surface area contributed by atoms with E-state index in [1.165, 1.54) is 0 Å². The van der Waals surface area contributed by atoms with Gasteiger partial charge in [0.15, 0.2) is 11.5 Å². The van der Waals surface area contributed by atoms with Crippen LogP contribution in [0.3, 0.4) is 0 Å². The van der Waals surface area contributed by atoms with Gasteiger partial charge in [-0.25, -0.2) is 0 Å². The molecule has 0 radical (unpaired) electrons. The number of nitrogens with one attached hydrogen (secondary N) is 1. The van der Waals surface area contributed by atoms with E-state index < -0.39 is 6.04 Å². The molecule has 1 unspecified atom stereocenters. The lowest BCUT2D eigenvalue weighted by Crippen LogP contribution is -2.62. The van der Waals surface area contributed by atoms with Crippen LogP contribution in [0.25, 0.3) is 10.9 Å². The van der Waals surface area contributed by atoms with Gasteiger partial charge in [0.1, 0.15) is 6.04 Å². The predicted molar refractivity (Wildman–Crippen MR) is 121 cm³/mol. The fraction of sp³-hybridized carbons (Fsp3) is 0.360. The van der Waals surface area contributed by atoms with Gasteiger partial charge in [0.05, 0.1) is 26.8 Å². The lowest BCUT2D eigenvalue weighted by molar-refractivity contribution is -0.159. The van der Waals surface area contributed by atoms with Gasteiger partial charge in [0, 0.05) is 29.6 Å². The number of benzene rings is 2. The summed E-state index contributed by atoms with van der Waals surface area (Å²) in [5.41, 5.74) is 4.27. The molecule has 2 aliphatic heterocycles. The van der Waals surface area contributed by atoms with Gasteiger partial charge in [-0.3, -0.25) is 9.59 Å². The first-order valence-electron chi connectivity index (χ1n) is 10.9. The molecular weight excluding hydrogens is 406 g/mol. The summed E-state index contributed by atoms with van der Waals surface area (Å²) in [6, 6.07) is 13.3. The number of para-hydroxylation sites is 1. The molecule has 166 valence electrons. The number of nitrogens with zero attached hydrogens (tertiary/aromatic N) is 2. The third-order valence-electron chi connectivity index (χ3n) is 6.74. The number of rotatable bonds is 5. The van der Waals surface area contributed by atoms with Crippen LogP contribution in [0.15, 0.2) is 42.5 Å². The fourth-order valence-corrected chi connectivity index (χ4v) is 5.12. The van der Waals surface area contributed by atoms with Crippen molar-refractivity contribution >= 4 is 22.7 Å². The number of hydrogen-bond donors (Lipinski definition) is 1. The quantitative estimate of drug-likeness (QED) is 0.671. The summed E-state index contributed by atoms with van der Waals surface area (Å²) in [6.07, 6.45) is 1.18. The molecule has 1 N–H and O–H groups in total. The minimum absolute atomic E-state index is 0.00119. The number of hydrogen-bond acceptors (Lipinski definition) is 4. The van der Waals surface area contributed by atoms with Gasteiger partial charge in [0.2, 0.25) is 11.8 Å². The topological polar surface area (TPSA) is 74.9 Å². The second-order valence-corrected chi connectivity index (χ2v) is 8.46. The van der Waals surface area contributed by atoms with Gasteiger partial charge in [0.25, 0.3) is 0 Å². The van der Waals surface area contributed by atoms with Crippen LogP contribution in [0.5, 0.6) is 11.5 Å². The molecule has 5 rings (SSSR count). The third-order valence-corrected chi connectivity index (χ3v) is 6.74. The highest BCUT2D eigenvalue weighted by Gasteiger charge is 2.46. The Kier molecular flexibility index (Phi) is 5.04. The van der Waals surface area contributed by atoms with Crippen molar-refractivity contribution in [2.75, 3.05) is 27.3 Å². The first-order valence-corrected chi connectivity index (χ1v) is 10.9. The second-order valence-electron chi connectivity index (χ2n) is 8.46. The number of fused-ring (bicyclic) bond motifs is 4. The van der Waals surface area contributed by atoms with Crippen LogP contribution in [0.2, 0.25) is 0 Å². The molecule has 2 aliphatic rings. The zero-order valence-corrected chi connectivity index (χ0v) is 18.6. The van der Waals surface area contributed by atoms with Gasteiger partial charge in [-0.1, -0.05) is 24.3 Å². The SMILES string of the molecule is COc1ccc(CCN2CC(=O)N3C(C)c4[nH]c5ccccc5c4C[C@H]3C2=O)cc1OC. The zero-order valence-electron chi connectivity index (χ0n) is 18.6. The van der Waals surface area contributed by atoms with Crippen LogP contribution in [0, 0.1) is 0 Å². The van der Waals surface area contributed by atoms with Crippen molar-refractivity contribution in [2.24, 2.45) is 0 Å². The molecule has 1 aromatic heterocycles. The number of ether oxygens (including phenoxy) is 2. The van der Waals surface area contributed by atoms with Crippen molar-refractivity contribution in [3.63, 3.8) is 0 Å². The Morgan fingerprint density at radius 1 is 1.06 bits per heavy atom. The van der Waals surface area contributed by atoms with Crippen molar-refractivity contribution < 1.29 is 19.1 Å². The molecule has 0 bridgehead atoms. The molecule has 2 atom stereocenters. The summed E-state index contributed by atoms with van der Waals surface area (Å²) in [4.78, 5) is 33.5. The molecule has 7 nitrogen and oxygen atoms in total. The van der Waals surface area contributed by atoms with Gasteiger partial charge in [-0.2, -0.15) is 0 Å². The van der Waals surface area contributed by atoms with Gasteiger partial charge in [-0.05, 0) is 42.7 Å². The number of aromatic nitrogens is 1. The molecule has 32 heavy (non-hydrogen) atoms. The normalized spacial score (nSPS) is 20.3. The number of methoxy groups -OCH3 is 2. The van der Waals surface area contributed by atoms with Crippen LogP contribution in [0.1, 0.15) is 29.8 Å². The molecule has 0 saturated carbocycles. The van der Waals surface area contributed by atoms with E-state index in [1.54, 1.807) is 24.0 Å². The van der Waals surface area contributed by atoms with Crippen LogP contribution < -0.4 is 9.47 Å². The predicted octanol–water partition coefficient (Wildman–Crippen LogP) is 3.08. The lowest BCUT2D eigenvalue weighted by Gasteiger charge is -2.46. The Hall–Kier alpha value is -3.48. The van der Waals surface area contributed by atoms with Gasteiger partial charge >= 0.3 is 0 Å². The van der Waals surface area contributed by atoms with Gasteiger partial charge < -0.3 is 24.3 Å². The van der Waals surface area contributed by atoms with E-state index in [4.69, 9.17) is 9.47 Å². The van der Waals surface area contributed by atoms with E-state index in [0.29, 0.717) is 30.9 Å². The number of carbonyl (C=O) groups is 2. The van der Waals surface area contributed by atoms with Crippen LogP contribution in [0.4, 0.5) is 0 Å². The Balaban J connectivity index is 1.38. The van der Waals surface area contributed by atoms with Crippen LogP contribution >= 0.6 is 0 Å². The average molecular weight is 434 g/mol. The largest absolute Gasteiger partial charge is 0.493 e. The first kappa shape index (κ1) is 20.4. The highest BCUT2D eigenvalue weighted by molar-refractivity contribution is 5.97. The molecule has 1 saturated heterocycles. The van der Waals surface area contributed by atoms with Crippen molar-refractivity contribution in [3.8, 4) is 11.5 Å². The number of amides is 2. The maximum Gasteiger partial charge on any atom is 0.246 e. The standard InChI is InChI=1S/C25H27N3O4/c1-15-24-18(17-6-4-5-7-19(17)26-24)13-20-25(30)27(14-23(29)28(15)20)11-10-16-8-9-21(31-2)22(12-16)32-3/h4-9,12,15,20,26H,10-11,13-14H2,1-3H3/t15?,20-/m0/s1. The van der Waals surface area contributed by atoms with E-state index in [9.17, 15) is 9.59 Å². The first-order chi connectivity index (χ1) is 15.5. The summed E-state index contributed by atoms with van der Waals surface area (Å²) in [5.74, 6) is 1.35. The highest BCUT2D eigenvalue weighted by atomic mass is 16.5. The Morgan fingerprint density at radius 2 is 1.84 bits per heavy atom. The monoisotopic (exact) mass is 433 g/mol. The van der Waals surface area contributed by atoms with E-state index in [1.807, 2.05) is 43.3 Å². The molecule has 2 aromatic carbocycles. The minimum atomic E-state index is -0.455. The van der Waals surface area contributed by atoms with Crippen molar-refractivity contribution in [1.29, 1.82) is 0 Å². The fourth-order valence-electron chi connectivity index (χ4n) is 5.12. The molecular formula is C25H27N3O4. The molecule has 1 fully saturated rings. The third kappa shape index (κ3) is 3.20. The summed E-state index contributed by atoms with van der Waals surface area (Å²) in [5, 5.41) is 1.14. The molecule has 0 spiro atoms. The van der Waals surface area contributed by atoms with Crippen molar-refractivity contribution in [1.82, 2.24) is 14.8 Å². The zero-order chi connectivity index (χ0) is 22.4. The minimum Gasteiger partial charge on any atom is -0.493 e. The van der Waals surface area contributed by atoms with Crippen molar-refractivity contribution in [2.45, 2.75) is 31.8 Å². The molecule has 2 amide bonds. The Labute approximate surface area is 186 Å². The number of H-pyrrole nitrogens is 1. The van der Waals surface area contributed by atoms with E-state index in [2.05, 4.69) is 11.1 Å². The maximum atomic E-state index is 13.4. The Bertz CT molecular complexity index is 1200. The van der Waals surface area contributed by atoms with Crippen molar-refractivity contribution in [3.05, 3.63) is 59.3 Å². The average Bonchev–Trinajstić information content (AvgIpc) is 3.19. The molecule has 7 heteroatoms. The Morgan fingerprint density at radius 3 is 2.62 bits per heavy atom.